The Balaban J connectivity index is 2.48. The Bertz CT molecular complexity index is 261. The fourth-order valence-corrected chi connectivity index (χ4v) is 1.08. The molecule has 1 rings (SSSR count). The molecule has 0 saturated heterocycles. The fraction of sp³-hybridized carbons (Fsp3) is 0.778. The number of nitrogens with zero attached hydrogens (tertiary/aromatic N) is 2. The number of hydrogen-bond donors (Lipinski definition) is 2. The van der Waals surface area contributed by atoms with Gasteiger partial charge in [0.05, 0.1) is 6.04 Å². The summed E-state index contributed by atoms with van der Waals surface area (Å²) in [7, 11) is 0. The lowest BCUT2D eigenvalue weighted by atomic mass is 10.3. The van der Waals surface area contributed by atoms with E-state index in [0.29, 0.717) is 11.9 Å². The van der Waals surface area contributed by atoms with Crippen molar-refractivity contribution in [2.24, 2.45) is 0 Å². The van der Waals surface area contributed by atoms with Crippen molar-refractivity contribution >= 4 is 6.01 Å². The van der Waals surface area contributed by atoms with Crippen molar-refractivity contribution in [3.05, 3.63) is 5.89 Å². The van der Waals surface area contributed by atoms with Crippen LogP contribution in [0.2, 0.25) is 0 Å². The lowest BCUT2D eigenvalue weighted by molar-refractivity contribution is 0.423. The first kappa shape index (κ1) is 11.0. The average Bonchev–Trinajstić information content (AvgIpc) is 2.63. The molecule has 5 heteroatoms. The van der Waals surface area contributed by atoms with E-state index < -0.39 is 0 Å². The van der Waals surface area contributed by atoms with Crippen LogP contribution in [0.25, 0.3) is 0 Å². The van der Waals surface area contributed by atoms with Crippen molar-refractivity contribution in [3.63, 3.8) is 0 Å². The van der Waals surface area contributed by atoms with Crippen LogP contribution in [0.4, 0.5) is 6.01 Å². The molecule has 14 heavy (non-hydrogen) atoms. The lowest BCUT2D eigenvalue weighted by Crippen LogP contribution is -2.19. The third-order valence-corrected chi connectivity index (χ3v) is 1.84. The highest BCUT2D eigenvalue weighted by molar-refractivity contribution is 5.16. The van der Waals surface area contributed by atoms with Crippen molar-refractivity contribution < 1.29 is 4.42 Å². The van der Waals surface area contributed by atoms with Gasteiger partial charge in [-0.3, -0.25) is 0 Å². The summed E-state index contributed by atoms with van der Waals surface area (Å²) >= 11 is 0. The van der Waals surface area contributed by atoms with Crippen LogP contribution in [0.15, 0.2) is 4.42 Å². The highest BCUT2D eigenvalue weighted by Crippen LogP contribution is 2.12. The van der Waals surface area contributed by atoms with Crippen LogP contribution >= 0.6 is 0 Å². The molecule has 1 unspecified atom stereocenters. The van der Waals surface area contributed by atoms with Gasteiger partial charge in [-0.1, -0.05) is 12.0 Å². The van der Waals surface area contributed by atoms with E-state index in [1.165, 1.54) is 0 Å². The largest absolute Gasteiger partial charge is 0.406 e. The summed E-state index contributed by atoms with van der Waals surface area (Å²) in [5, 5.41) is 14.1. The van der Waals surface area contributed by atoms with Crippen LogP contribution in [-0.4, -0.2) is 23.3 Å². The zero-order chi connectivity index (χ0) is 10.4. The monoisotopic (exact) mass is 198 g/mol. The SMILES string of the molecule is CCCNC(C)c1nnc(NCC)o1. The predicted molar refractivity (Wildman–Crippen MR) is 55.2 cm³/mol. The van der Waals surface area contributed by atoms with E-state index in [2.05, 4.69) is 27.8 Å². The third kappa shape index (κ3) is 2.99. The molecule has 2 N–H and O–H groups in total. The number of hydrogen-bond acceptors (Lipinski definition) is 5. The van der Waals surface area contributed by atoms with Crippen LogP contribution in [0.3, 0.4) is 0 Å². The van der Waals surface area contributed by atoms with Gasteiger partial charge >= 0.3 is 6.01 Å². The van der Waals surface area contributed by atoms with Gasteiger partial charge in [0.25, 0.3) is 0 Å². The molecular weight excluding hydrogens is 180 g/mol. The molecule has 1 aromatic heterocycles. The van der Waals surface area contributed by atoms with E-state index in [9.17, 15) is 0 Å². The third-order valence-electron chi connectivity index (χ3n) is 1.84. The minimum atomic E-state index is 0.120. The summed E-state index contributed by atoms with van der Waals surface area (Å²) in [5.41, 5.74) is 0. The molecule has 0 saturated carbocycles. The van der Waals surface area contributed by atoms with Gasteiger partial charge in [-0.05, 0) is 26.8 Å². The zero-order valence-corrected chi connectivity index (χ0v) is 9.00. The van der Waals surface area contributed by atoms with Crippen molar-refractivity contribution in [1.29, 1.82) is 0 Å². The molecule has 5 nitrogen and oxygen atoms in total. The molecule has 1 heterocycles. The molecule has 0 bridgehead atoms. The van der Waals surface area contributed by atoms with E-state index in [1.807, 2.05) is 13.8 Å². The topological polar surface area (TPSA) is 63.0 Å². The van der Waals surface area contributed by atoms with Gasteiger partial charge in [0.1, 0.15) is 0 Å². The molecule has 80 valence electrons. The van der Waals surface area contributed by atoms with E-state index in [0.717, 1.165) is 19.5 Å². The maximum atomic E-state index is 5.39. The van der Waals surface area contributed by atoms with Crippen molar-refractivity contribution in [3.8, 4) is 0 Å². The van der Waals surface area contributed by atoms with E-state index in [-0.39, 0.29) is 6.04 Å². The highest BCUT2D eigenvalue weighted by Gasteiger charge is 2.11. The smallest absolute Gasteiger partial charge is 0.315 e. The second-order valence-corrected chi connectivity index (χ2v) is 3.15. The molecule has 0 aliphatic carbocycles. The van der Waals surface area contributed by atoms with Gasteiger partial charge in [-0.25, -0.2) is 0 Å². The minimum Gasteiger partial charge on any atom is -0.406 e. The predicted octanol–water partition coefficient (Wildman–Crippen LogP) is 1.56. The Morgan fingerprint density at radius 2 is 2.14 bits per heavy atom. The summed E-state index contributed by atoms with van der Waals surface area (Å²) in [6.07, 6.45) is 1.10. The molecule has 0 aliphatic heterocycles. The van der Waals surface area contributed by atoms with Gasteiger partial charge in [0.15, 0.2) is 0 Å². The van der Waals surface area contributed by atoms with E-state index in [1.54, 1.807) is 0 Å². The quantitative estimate of drug-likeness (QED) is 0.726. The summed E-state index contributed by atoms with van der Waals surface area (Å²) in [6, 6.07) is 0.613. The van der Waals surface area contributed by atoms with Gasteiger partial charge < -0.3 is 15.1 Å². The second-order valence-electron chi connectivity index (χ2n) is 3.15. The molecule has 0 aliphatic rings. The lowest BCUT2D eigenvalue weighted by Gasteiger charge is -2.07. The van der Waals surface area contributed by atoms with Gasteiger partial charge in [0, 0.05) is 6.54 Å². The Labute approximate surface area is 84.3 Å². The summed E-state index contributed by atoms with van der Waals surface area (Å²) in [4.78, 5) is 0. The number of nitrogens with one attached hydrogen (secondary N) is 2. The Morgan fingerprint density at radius 1 is 1.36 bits per heavy atom. The number of anilines is 1. The van der Waals surface area contributed by atoms with Gasteiger partial charge in [0.2, 0.25) is 5.89 Å². The minimum absolute atomic E-state index is 0.120. The van der Waals surface area contributed by atoms with Crippen molar-refractivity contribution in [2.75, 3.05) is 18.4 Å². The van der Waals surface area contributed by atoms with Crippen molar-refractivity contribution in [1.82, 2.24) is 15.5 Å². The van der Waals surface area contributed by atoms with Crippen LogP contribution in [0.1, 0.15) is 39.1 Å². The molecule has 0 amide bonds. The highest BCUT2D eigenvalue weighted by atomic mass is 16.4. The first-order valence-electron chi connectivity index (χ1n) is 5.08. The number of aromatic nitrogens is 2. The molecular formula is C9H18N4O. The summed E-state index contributed by atoms with van der Waals surface area (Å²) in [5.74, 6) is 0.634. The van der Waals surface area contributed by atoms with E-state index >= 15 is 0 Å². The molecule has 0 radical (unpaired) electrons. The standard InChI is InChI=1S/C9H18N4O/c1-4-6-11-7(3)8-12-13-9(14-8)10-5-2/h7,11H,4-6H2,1-3H3,(H,10,13). The van der Waals surface area contributed by atoms with Crippen LogP contribution < -0.4 is 10.6 Å². The maximum Gasteiger partial charge on any atom is 0.315 e. The molecule has 0 fully saturated rings. The summed E-state index contributed by atoms with van der Waals surface area (Å²) in [6.45, 7) is 7.87. The molecule has 1 atom stereocenters. The average molecular weight is 198 g/mol. The van der Waals surface area contributed by atoms with Crippen LogP contribution in [0.5, 0.6) is 0 Å². The normalized spacial score (nSPS) is 12.8. The second kappa shape index (κ2) is 5.59. The summed E-state index contributed by atoms with van der Waals surface area (Å²) < 4.78 is 5.39. The van der Waals surface area contributed by atoms with E-state index in [4.69, 9.17) is 4.42 Å². The first-order chi connectivity index (χ1) is 6.77. The molecule has 0 aromatic carbocycles. The number of rotatable bonds is 6. The Hall–Kier alpha value is -1.10. The van der Waals surface area contributed by atoms with Crippen LogP contribution in [0, 0.1) is 0 Å². The molecule has 1 aromatic rings. The Morgan fingerprint density at radius 3 is 2.79 bits per heavy atom. The van der Waals surface area contributed by atoms with Gasteiger partial charge in [-0.2, -0.15) is 0 Å². The van der Waals surface area contributed by atoms with Crippen molar-refractivity contribution in [2.45, 2.75) is 33.2 Å². The first-order valence-corrected chi connectivity index (χ1v) is 5.08. The fourth-order valence-electron chi connectivity index (χ4n) is 1.08. The maximum absolute atomic E-state index is 5.39. The van der Waals surface area contributed by atoms with Gasteiger partial charge in [-0.15, -0.1) is 5.10 Å². The molecule has 0 spiro atoms. The Kier molecular flexibility index (Phi) is 4.39. The van der Waals surface area contributed by atoms with Crippen LogP contribution in [-0.2, 0) is 0 Å². The zero-order valence-electron chi connectivity index (χ0n) is 9.00.